The summed E-state index contributed by atoms with van der Waals surface area (Å²) >= 11 is 0. The molecular formula is C12H17FN2O2. The van der Waals surface area contributed by atoms with E-state index in [1.807, 2.05) is 7.05 Å². The highest BCUT2D eigenvalue weighted by Gasteiger charge is 2.17. The van der Waals surface area contributed by atoms with Crippen LogP contribution in [0.5, 0.6) is 0 Å². The lowest BCUT2D eigenvalue weighted by atomic mass is 10.0. The van der Waals surface area contributed by atoms with Gasteiger partial charge in [0.25, 0.3) is 5.69 Å². The molecule has 1 unspecified atom stereocenters. The molecular weight excluding hydrogens is 223 g/mol. The van der Waals surface area contributed by atoms with Crippen LogP contribution in [0.25, 0.3) is 0 Å². The van der Waals surface area contributed by atoms with Crippen LogP contribution in [-0.2, 0) is 6.42 Å². The first-order valence-corrected chi connectivity index (χ1v) is 5.68. The fraction of sp³-hybridized carbons (Fsp3) is 0.500. The van der Waals surface area contributed by atoms with Crippen LogP contribution < -0.4 is 5.32 Å². The number of hydrogen-bond donors (Lipinski definition) is 1. The van der Waals surface area contributed by atoms with E-state index >= 15 is 0 Å². The summed E-state index contributed by atoms with van der Waals surface area (Å²) in [7, 11) is 1.83. The number of nitro groups is 1. The zero-order valence-electron chi connectivity index (χ0n) is 10.1. The lowest BCUT2D eigenvalue weighted by Gasteiger charge is -2.15. The second kappa shape index (κ2) is 6.30. The maximum Gasteiger partial charge on any atom is 0.275 e. The number of likely N-dealkylation sites (N-methyl/N-ethyl adjacent to an activating group) is 1. The van der Waals surface area contributed by atoms with Gasteiger partial charge < -0.3 is 5.32 Å². The molecule has 0 saturated carbocycles. The van der Waals surface area contributed by atoms with Crippen molar-refractivity contribution in [2.45, 2.75) is 32.2 Å². The van der Waals surface area contributed by atoms with E-state index in [2.05, 4.69) is 12.2 Å². The van der Waals surface area contributed by atoms with Crippen LogP contribution in [0, 0.1) is 15.9 Å². The van der Waals surface area contributed by atoms with E-state index in [1.165, 1.54) is 12.1 Å². The maximum atomic E-state index is 13.0. The molecule has 1 atom stereocenters. The molecule has 0 amide bonds. The summed E-state index contributed by atoms with van der Waals surface area (Å²) in [5.74, 6) is -0.572. The minimum atomic E-state index is -0.572. The van der Waals surface area contributed by atoms with Crippen molar-refractivity contribution in [3.63, 3.8) is 0 Å². The standard InChI is InChI=1S/C12H17FN2O2/c1-3-4-11(14-2)7-9-5-6-10(13)8-12(9)15(16)17/h5-6,8,11,14H,3-4,7H2,1-2H3. The topological polar surface area (TPSA) is 55.2 Å². The van der Waals surface area contributed by atoms with Crippen molar-refractivity contribution < 1.29 is 9.31 Å². The first kappa shape index (κ1) is 13.6. The average molecular weight is 240 g/mol. The third-order valence-corrected chi connectivity index (χ3v) is 2.76. The van der Waals surface area contributed by atoms with E-state index in [1.54, 1.807) is 0 Å². The fourth-order valence-electron chi connectivity index (χ4n) is 1.84. The molecule has 1 rings (SSSR count). The highest BCUT2D eigenvalue weighted by molar-refractivity contribution is 5.40. The molecule has 0 spiro atoms. The quantitative estimate of drug-likeness (QED) is 0.614. The molecule has 17 heavy (non-hydrogen) atoms. The SMILES string of the molecule is CCCC(Cc1ccc(F)cc1[N+](=O)[O-])NC. The molecule has 5 heteroatoms. The molecule has 0 saturated heterocycles. The van der Waals surface area contributed by atoms with Gasteiger partial charge >= 0.3 is 0 Å². The summed E-state index contributed by atoms with van der Waals surface area (Å²) in [4.78, 5) is 10.3. The van der Waals surface area contributed by atoms with Crippen molar-refractivity contribution in [1.29, 1.82) is 0 Å². The summed E-state index contributed by atoms with van der Waals surface area (Å²) in [6, 6.07) is 3.92. The van der Waals surface area contributed by atoms with Gasteiger partial charge in [0.2, 0.25) is 0 Å². The van der Waals surface area contributed by atoms with Crippen molar-refractivity contribution >= 4 is 5.69 Å². The van der Waals surface area contributed by atoms with Crippen LogP contribution in [0.2, 0.25) is 0 Å². The average Bonchev–Trinajstić information content (AvgIpc) is 2.30. The van der Waals surface area contributed by atoms with E-state index in [4.69, 9.17) is 0 Å². The largest absolute Gasteiger partial charge is 0.317 e. The molecule has 4 nitrogen and oxygen atoms in total. The van der Waals surface area contributed by atoms with E-state index in [9.17, 15) is 14.5 Å². The highest BCUT2D eigenvalue weighted by atomic mass is 19.1. The maximum absolute atomic E-state index is 13.0. The van der Waals surface area contributed by atoms with E-state index in [-0.39, 0.29) is 11.7 Å². The van der Waals surface area contributed by atoms with Gasteiger partial charge in [0.15, 0.2) is 0 Å². The molecule has 0 heterocycles. The van der Waals surface area contributed by atoms with E-state index < -0.39 is 10.7 Å². The lowest BCUT2D eigenvalue weighted by Crippen LogP contribution is -2.27. The van der Waals surface area contributed by atoms with Crippen LogP contribution in [0.1, 0.15) is 25.3 Å². The molecule has 0 aliphatic carbocycles. The van der Waals surface area contributed by atoms with Gasteiger partial charge in [-0.25, -0.2) is 4.39 Å². The van der Waals surface area contributed by atoms with Crippen molar-refractivity contribution in [1.82, 2.24) is 5.32 Å². The summed E-state index contributed by atoms with van der Waals surface area (Å²) in [5, 5.41) is 13.9. The third-order valence-electron chi connectivity index (χ3n) is 2.76. The molecule has 0 bridgehead atoms. The molecule has 0 radical (unpaired) electrons. The summed E-state index contributed by atoms with van der Waals surface area (Å²) in [6.45, 7) is 2.06. The Hall–Kier alpha value is -1.49. The summed E-state index contributed by atoms with van der Waals surface area (Å²) in [5.41, 5.74) is 0.436. The lowest BCUT2D eigenvalue weighted by molar-refractivity contribution is -0.385. The Kier molecular flexibility index (Phi) is 5.03. The fourth-order valence-corrected chi connectivity index (χ4v) is 1.84. The number of nitrogens with zero attached hydrogens (tertiary/aromatic N) is 1. The van der Waals surface area contributed by atoms with E-state index in [0.29, 0.717) is 12.0 Å². The van der Waals surface area contributed by atoms with Gasteiger partial charge in [0, 0.05) is 11.6 Å². The summed E-state index contributed by atoms with van der Waals surface area (Å²) < 4.78 is 13.0. The summed E-state index contributed by atoms with van der Waals surface area (Å²) in [6.07, 6.45) is 2.48. The first-order chi connectivity index (χ1) is 8.08. The van der Waals surface area contributed by atoms with Gasteiger partial charge in [-0.2, -0.15) is 0 Å². The first-order valence-electron chi connectivity index (χ1n) is 5.68. The van der Waals surface area contributed by atoms with Gasteiger partial charge in [-0.15, -0.1) is 0 Å². The Morgan fingerprint density at radius 1 is 1.53 bits per heavy atom. The zero-order valence-corrected chi connectivity index (χ0v) is 10.1. The van der Waals surface area contributed by atoms with Gasteiger partial charge in [-0.1, -0.05) is 13.3 Å². The molecule has 1 aromatic carbocycles. The molecule has 0 aliphatic heterocycles. The Labute approximate surface area is 100.0 Å². The number of benzene rings is 1. The third kappa shape index (κ3) is 3.78. The molecule has 0 aliphatic rings. The predicted octanol–water partition coefficient (Wildman–Crippen LogP) is 2.66. The van der Waals surface area contributed by atoms with Crippen molar-refractivity contribution in [3.8, 4) is 0 Å². The predicted molar refractivity (Wildman–Crippen MR) is 64.5 cm³/mol. The van der Waals surface area contributed by atoms with Gasteiger partial charge in [0.05, 0.1) is 11.0 Å². The minimum Gasteiger partial charge on any atom is -0.317 e. The van der Waals surface area contributed by atoms with E-state index in [0.717, 1.165) is 18.9 Å². The Morgan fingerprint density at radius 3 is 2.76 bits per heavy atom. The van der Waals surface area contributed by atoms with Crippen LogP contribution in [0.15, 0.2) is 18.2 Å². The Bertz CT molecular complexity index is 396. The van der Waals surface area contributed by atoms with Gasteiger partial charge in [0.1, 0.15) is 5.82 Å². The monoisotopic (exact) mass is 240 g/mol. The second-order valence-corrected chi connectivity index (χ2v) is 4.01. The molecule has 94 valence electrons. The number of rotatable bonds is 6. The normalized spacial score (nSPS) is 12.4. The smallest absolute Gasteiger partial charge is 0.275 e. The van der Waals surface area contributed by atoms with Crippen LogP contribution in [-0.4, -0.2) is 18.0 Å². The number of halogens is 1. The molecule has 1 aromatic rings. The number of nitrogens with one attached hydrogen (secondary N) is 1. The molecule has 1 N–H and O–H groups in total. The van der Waals surface area contributed by atoms with Crippen LogP contribution in [0.3, 0.4) is 0 Å². The van der Waals surface area contributed by atoms with Crippen molar-refractivity contribution in [3.05, 3.63) is 39.7 Å². The van der Waals surface area contributed by atoms with Crippen molar-refractivity contribution in [2.24, 2.45) is 0 Å². The Morgan fingerprint density at radius 2 is 2.24 bits per heavy atom. The number of hydrogen-bond acceptors (Lipinski definition) is 3. The second-order valence-electron chi connectivity index (χ2n) is 4.01. The highest BCUT2D eigenvalue weighted by Crippen LogP contribution is 2.22. The van der Waals surface area contributed by atoms with Gasteiger partial charge in [-0.3, -0.25) is 10.1 Å². The molecule has 0 aromatic heterocycles. The van der Waals surface area contributed by atoms with Crippen LogP contribution >= 0.6 is 0 Å². The van der Waals surface area contributed by atoms with Crippen LogP contribution in [0.4, 0.5) is 10.1 Å². The number of nitro benzene ring substituents is 1. The Balaban J connectivity index is 2.92. The van der Waals surface area contributed by atoms with Crippen molar-refractivity contribution in [2.75, 3.05) is 7.05 Å². The van der Waals surface area contributed by atoms with Gasteiger partial charge in [-0.05, 0) is 32.0 Å². The minimum absolute atomic E-state index is 0.138. The zero-order chi connectivity index (χ0) is 12.8. The molecule has 0 fully saturated rings.